The molecule has 2 unspecified atom stereocenters. The predicted molar refractivity (Wildman–Crippen MR) is 204 cm³/mol. The molecule has 0 radical (unpaired) electrons. The van der Waals surface area contributed by atoms with E-state index < -0.39 is 0 Å². The van der Waals surface area contributed by atoms with Gasteiger partial charge in [0, 0.05) is 0 Å². The van der Waals surface area contributed by atoms with E-state index in [9.17, 15) is 0 Å². The summed E-state index contributed by atoms with van der Waals surface area (Å²) in [5.41, 5.74) is 10.9. The summed E-state index contributed by atoms with van der Waals surface area (Å²) in [4.78, 5) is 0. The van der Waals surface area contributed by atoms with Crippen molar-refractivity contribution >= 4 is 24.8 Å². The molecule has 0 bridgehead atoms. The Morgan fingerprint density at radius 3 is 1.38 bits per heavy atom. The van der Waals surface area contributed by atoms with Crippen LogP contribution in [0.5, 0.6) is 0 Å². The minimum atomic E-state index is 0. The molecule has 2 atom stereocenters. The Kier molecular flexibility index (Phi) is 14.8. The number of rotatable bonds is 4. The van der Waals surface area contributed by atoms with Crippen molar-refractivity contribution in [2.75, 3.05) is 0 Å². The van der Waals surface area contributed by atoms with Crippen LogP contribution in [0.15, 0.2) is 167 Å². The summed E-state index contributed by atoms with van der Waals surface area (Å²) >= 11 is 1.27. The van der Waals surface area contributed by atoms with Crippen molar-refractivity contribution in [1.82, 2.24) is 0 Å². The Morgan fingerprint density at radius 1 is 0.600 bits per heavy atom. The summed E-state index contributed by atoms with van der Waals surface area (Å²) < 4.78 is 1.56. The third kappa shape index (κ3) is 9.10. The maximum Gasteiger partial charge on any atom is -1.00 e. The fourth-order valence-corrected chi connectivity index (χ4v) is 7.04. The molecule has 0 spiro atoms. The summed E-state index contributed by atoms with van der Waals surface area (Å²) in [5, 5.41) is 5.39. The van der Waals surface area contributed by atoms with Gasteiger partial charge in [-0.2, -0.15) is 34.4 Å². The average molecular weight is 858 g/mol. The van der Waals surface area contributed by atoms with Crippen LogP contribution in [0, 0.1) is 12.2 Å². The third-order valence-electron chi connectivity index (χ3n) is 9.32. The van der Waals surface area contributed by atoms with Gasteiger partial charge in [-0.25, -0.2) is 0 Å². The molecule has 3 heteroatoms. The number of hydrogen-bond donors (Lipinski definition) is 0. The molecule has 0 amide bonds. The smallest absolute Gasteiger partial charge is 1.00 e. The van der Waals surface area contributed by atoms with Crippen molar-refractivity contribution < 1.29 is 48.7 Å². The fourth-order valence-electron chi connectivity index (χ4n) is 7.04. The van der Waals surface area contributed by atoms with Crippen LogP contribution in [0.4, 0.5) is 0 Å². The van der Waals surface area contributed by atoms with E-state index in [1.165, 1.54) is 90.0 Å². The van der Waals surface area contributed by atoms with Gasteiger partial charge in [0.15, 0.2) is 0 Å². The number of halogens is 2. The zero-order chi connectivity index (χ0) is 33.5. The number of fused-ring (bicyclic) bond motifs is 4. The Morgan fingerprint density at radius 2 is 0.980 bits per heavy atom. The molecule has 252 valence electrons. The summed E-state index contributed by atoms with van der Waals surface area (Å²) in [5.74, 6) is 0.847. The van der Waals surface area contributed by atoms with E-state index in [0.29, 0.717) is 11.8 Å². The molecule has 50 heavy (non-hydrogen) atoms. The Labute approximate surface area is 326 Å². The Balaban J connectivity index is 0.000000196. The van der Waals surface area contributed by atoms with Gasteiger partial charge < -0.3 is 24.8 Å². The van der Waals surface area contributed by atoms with E-state index in [1.807, 2.05) is 0 Å². The minimum Gasteiger partial charge on any atom is -1.00 e. The Bertz CT molecular complexity index is 1940. The maximum absolute atomic E-state index is 3.56. The number of hydrogen-bond acceptors (Lipinski definition) is 0. The van der Waals surface area contributed by atoms with Crippen LogP contribution in [-0.2, 0) is 23.9 Å². The molecule has 0 saturated carbocycles. The van der Waals surface area contributed by atoms with Crippen molar-refractivity contribution in [2.45, 2.75) is 65.2 Å². The van der Waals surface area contributed by atoms with Crippen LogP contribution in [0.3, 0.4) is 0 Å². The molecule has 4 aliphatic rings. The standard InChI is InChI=1S/2C22H19.C3H6.2ClH.Hf/c2*1-2-16-14-18-9-4-6-12-21(22(18)15-16)20-13-7-10-17-8-3-5-11-19(17)20;1-3-2;;;/h2*3-11,13,15,21H,2,12H2,1H3;1-2H3;2*1H;/q2*-1;;;;+2/p-2. The minimum absolute atomic E-state index is 0. The van der Waals surface area contributed by atoms with Gasteiger partial charge in [0.25, 0.3) is 0 Å². The van der Waals surface area contributed by atoms with Crippen LogP contribution in [0.2, 0.25) is 0 Å². The fraction of sp³-hybridized carbons (Fsp3) is 0.213. The summed E-state index contributed by atoms with van der Waals surface area (Å²) in [6.45, 7) is 8.69. The summed E-state index contributed by atoms with van der Waals surface area (Å²) in [6, 6.07) is 30.7. The molecule has 0 nitrogen and oxygen atoms in total. The zero-order valence-electron chi connectivity index (χ0n) is 29.4. The molecule has 0 N–H and O–H groups in total. The van der Waals surface area contributed by atoms with Crippen molar-refractivity contribution in [1.29, 1.82) is 0 Å². The van der Waals surface area contributed by atoms with E-state index in [0.717, 1.165) is 25.7 Å². The van der Waals surface area contributed by atoms with E-state index in [2.05, 4.69) is 173 Å². The van der Waals surface area contributed by atoms with Crippen LogP contribution in [0.25, 0.3) is 21.5 Å². The van der Waals surface area contributed by atoms with Gasteiger partial charge in [-0.1, -0.05) is 111 Å². The first-order valence-electron chi connectivity index (χ1n) is 17.4. The van der Waals surface area contributed by atoms with Crippen molar-refractivity contribution in [3.63, 3.8) is 0 Å². The van der Waals surface area contributed by atoms with E-state index in [-0.39, 0.29) is 24.8 Å². The first-order valence-corrected chi connectivity index (χ1v) is 19.2. The SMILES string of the molecule is CCC1=[C-]C2=CC=CCC(c3cccc4ccccc34)C2=C1.CCC1=[C-]C2=CC=CCC(c3cccc4ccccc34)C2=C1.C[C](C)=[Hf+2].[Cl-].[Cl-]. The molecule has 0 fully saturated rings. The Hall–Kier alpha value is -3.36. The van der Waals surface area contributed by atoms with Gasteiger partial charge >= 0.3 is 41.0 Å². The van der Waals surface area contributed by atoms with E-state index >= 15 is 0 Å². The van der Waals surface area contributed by atoms with Crippen LogP contribution < -0.4 is 24.8 Å². The second-order valence-electron chi connectivity index (χ2n) is 12.9. The molecule has 4 aromatic rings. The molecule has 4 aliphatic carbocycles. The van der Waals surface area contributed by atoms with Gasteiger partial charge in [0.1, 0.15) is 0 Å². The quantitative estimate of drug-likeness (QED) is 0.162. The van der Waals surface area contributed by atoms with Crippen molar-refractivity contribution in [3.8, 4) is 0 Å². The normalized spacial score (nSPS) is 18.4. The monoisotopic (exact) mass is 858 g/mol. The second-order valence-corrected chi connectivity index (χ2v) is 16.5. The van der Waals surface area contributed by atoms with Crippen LogP contribution in [0.1, 0.15) is 76.3 Å². The second kappa shape index (κ2) is 18.8. The zero-order valence-corrected chi connectivity index (χ0v) is 34.5. The van der Waals surface area contributed by atoms with Gasteiger partial charge in [0.05, 0.1) is 0 Å². The van der Waals surface area contributed by atoms with Crippen molar-refractivity contribution in [3.05, 3.63) is 190 Å². The third-order valence-corrected chi connectivity index (χ3v) is 9.32. The van der Waals surface area contributed by atoms with Gasteiger partial charge in [-0.3, -0.25) is 0 Å². The molecule has 0 saturated heterocycles. The maximum atomic E-state index is 3.56. The van der Waals surface area contributed by atoms with Crippen molar-refractivity contribution in [2.24, 2.45) is 0 Å². The van der Waals surface area contributed by atoms with Crippen LogP contribution in [-0.4, -0.2) is 3.26 Å². The summed E-state index contributed by atoms with van der Waals surface area (Å²) in [7, 11) is 0. The van der Waals surface area contributed by atoms with Gasteiger partial charge in [0.2, 0.25) is 0 Å². The van der Waals surface area contributed by atoms with Crippen LogP contribution >= 0.6 is 0 Å². The molecular formula is C47H44Cl2Hf-2. The number of allylic oxidation sites excluding steroid dienone is 16. The average Bonchev–Trinajstić information content (AvgIpc) is 3.59. The molecular weight excluding hydrogens is 814 g/mol. The first kappa shape index (κ1) is 39.4. The predicted octanol–water partition coefficient (Wildman–Crippen LogP) is 6.53. The molecule has 0 aliphatic heterocycles. The topological polar surface area (TPSA) is 0 Å². The molecule has 0 heterocycles. The first-order chi connectivity index (χ1) is 23.5. The summed E-state index contributed by atoms with van der Waals surface area (Å²) in [6.07, 6.45) is 29.4. The largest absolute Gasteiger partial charge is 1.00 e. The van der Waals surface area contributed by atoms with E-state index in [4.69, 9.17) is 0 Å². The number of benzene rings is 4. The van der Waals surface area contributed by atoms with Gasteiger partial charge in [-0.15, -0.1) is 47.6 Å². The molecule has 8 rings (SSSR count). The van der Waals surface area contributed by atoms with Gasteiger partial charge in [-0.05, 0) is 70.2 Å². The molecule has 4 aromatic carbocycles. The molecule has 0 aromatic heterocycles. The van der Waals surface area contributed by atoms with E-state index in [1.54, 1.807) is 3.26 Å².